The second-order valence-corrected chi connectivity index (χ2v) is 11.5. The van der Waals surface area contributed by atoms with Crippen LogP contribution in [-0.4, -0.2) is 40.4 Å². The van der Waals surface area contributed by atoms with E-state index in [-0.39, 0.29) is 17.7 Å². The number of hydrogen-bond acceptors (Lipinski definition) is 8. The van der Waals surface area contributed by atoms with Gasteiger partial charge in [0.1, 0.15) is 0 Å². The first-order valence-electron chi connectivity index (χ1n) is 13.5. The minimum absolute atomic E-state index is 0.188. The Hall–Kier alpha value is -3.96. The number of rotatable bonds is 8. The van der Waals surface area contributed by atoms with E-state index in [0.29, 0.717) is 43.2 Å². The van der Waals surface area contributed by atoms with Gasteiger partial charge in [-0.05, 0) is 82.2 Å². The van der Waals surface area contributed by atoms with Crippen molar-refractivity contribution >= 4 is 39.3 Å². The first-order chi connectivity index (χ1) is 20.2. The molecule has 1 atom stereocenters. The molecule has 0 saturated carbocycles. The molecule has 0 fully saturated rings. The number of hydrogen-bond donors (Lipinski definition) is 0. The number of methoxy groups -OCH3 is 1. The van der Waals surface area contributed by atoms with Crippen LogP contribution in [0.25, 0.3) is 11.8 Å². The number of carbonyl (C=O) groups excluding carboxylic acids is 1. The molecule has 5 rings (SSSR count). The van der Waals surface area contributed by atoms with Crippen molar-refractivity contribution in [1.82, 2.24) is 14.1 Å². The summed E-state index contributed by atoms with van der Waals surface area (Å²) in [7, 11) is 1.55. The number of ether oxygens (including phenoxy) is 3. The fourth-order valence-electron chi connectivity index (χ4n) is 5.23. The quantitative estimate of drug-likeness (QED) is 0.255. The van der Waals surface area contributed by atoms with Gasteiger partial charge in [-0.15, -0.1) is 0 Å². The third kappa shape index (κ3) is 5.22. The molecule has 3 aromatic heterocycles. The minimum Gasteiger partial charge on any atom is -0.493 e. The zero-order chi connectivity index (χ0) is 30.1. The molecule has 11 heteroatoms. The second kappa shape index (κ2) is 12.1. The lowest BCUT2D eigenvalue weighted by atomic mass is 9.95. The highest BCUT2D eigenvalue weighted by atomic mass is 79.9. The standard InChI is InChI=1S/C31H31BrN4O5S/c1-7-40-25-15-23(32)22(14-24(25)39-6)28-27(30(38)41-8-2)18(4)34-31-36(28)29(37)26(42-31)13-20-12-17(3)35(19(20)5)21-10-9-11-33-16-21/h9-16,28H,7-8H2,1-6H3/b26-13+/t28-/m1/s1. The Balaban J connectivity index is 1.73. The van der Waals surface area contributed by atoms with Crippen LogP contribution in [0.5, 0.6) is 11.5 Å². The first kappa shape index (κ1) is 29.5. The van der Waals surface area contributed by atoms with Crippen molar-refractivity contribution < 1.29 is 19.0 Å². The van der Waals surface area contributed by atoms with Gasteiger partial charge in [0, 0.05) is 22.1 Å². The molecule has 0 spiro atoms. The molecule has 0 saturated heterocycles. The number of aryl methyl sites for hydroxylation is 1. The monoisotopic (exact) mass is 650 g/mol. The van der Waals surface area contributed by atoms with Gasteiger partial charge in [0.15, 0.2) is 16.3 Å². The van der Waals surface area contributed by atoms with E-state index in [9.17, 15) is 9.59 Å². The molecule has 9 nitrogen and oxygen atoms in total. The van der Waals surface area contributed by atoms with E-state index in [0.717, 1.165) is 22.6 Å². The summed E-state index contributed by atoms with van der Waals surface area (Å²) < 4.78 is 21.6. The predicted octanol–water partition coefficient (Wildman–Crippen LogP) is 4.77. The fraction of sp³-hybridized carbons (Fsp3) is 0.290. The van der Waals surface area contributed by atoms with Crippen molar-refractivity contribution in [3.05, 3.63) is 101 Å². The molecule has 1 aromatic carbocycles. The average molecular weight is 652 g/mol. The highest BCUT2D eigenvalue weighted by molar-refractivity contribution is 9.10. The third-order valence-corrected chi connectivity index (χ3v) is 8.73. The number of carbonyl (C=O) groups is 1. The van der Waals surface area contributed by atoms with Crippen molar-refractivity contribution in [3.8, 4) is 17.2 Å². The molecule has 0 radical (unpaired) electrons. The SMILES string of the molecule is CCOC(=O)C1=C(C)N=c2s/c(=C/c3cc(C)n(-c4cccnc4)c3C)c(=O)n2[C@@H]1c1cc(OC)c(OCC)cc1Br. The lowest BCUT2D eigenvalue weighted by Gasteiger charge is -2.26. The number of allylic oxidation sites excluding steroid dienone is 1. The summed E-state index contributed by atoms with van der Waals surface area (Å²) in [6.07, 6.45) is 5.42. The average Bonchev–Trinajstić information content (AvgIpc) is 3.42. The molecule has 4 heterocycles. The number of thiazole rings is 1. The highest BCUT2D eigenvalue weighted by Crippen LogP contribution is 2.41. The van der Waals surface area contributed by atoms with Gasteiger partial charge in [0.2, 0.25) is 0 Å². The molecule has 0 N–H and O–H groups in total. The summed E-state index contributed by atoms with van der Waals surface area (Å²) in [6, 6.07) is 8.71. The van der Waals surface area contributed by atoms with Crippen molar-refractivity contribution in [2.24, 2.45) is 4.99 Å². The number of pyridine rings is 1. The number of halogens is 1. The molecule has 0 aliphatic carbocycles. The molecule has 42 heavy (non-hydrogen) atoms. The minimum atomic E-state index is -0.802. The van der Waals surface area contributed by atoms with E-state index in [1.807, 2.05) is 45.0 Å². The molecule has 1 aliphatic heterocycles. The molecule has 0 unspecified atom stereocenters. The lowest BCUT2D eigenvalue weighted by molar-refractivity contribution is -0.139. The Kier molecular flexibility index (Phi) is 8.51. The van der Waals surface area contributed by atoms with Gasteiger partial charge in [0.25, 0.3) is 5.56 Å². The Morgan fingerprint density at radius 3 is 2.60 bits per heavy atom. The molecule has 0 amide bonds. The predicted molar refractivity (Wildman–Crippen MR) is 165 cm³/mol. The van der Waals surface area contributed by atoms with Crippen LogP contribution in [0, 0.1) is 13.8 Å². The summed E-state index contributed by atoms with van der Waals surface area (Å²) in [6.45, 7) is 10.1. The Morgan fingerprint density at radius 1 is 1.14 bits per heavy atom. The van der Waals surface area contributed by atoms with Crippen molar-refractivity contribution in [3.63, 3.8) is 0 Å². The number of fused-ring (bicyclic) bond motifs is 1. The van der Waals surface area contributed by atoms with Crippen LogP contribution in [-0.2, 0) is 9.53 Å². The van der Waals surface area contributed by atoms with Crippen molar-refractivity contribution in [2.75, 3.05) is 20.3 Å². The van der Waals surface area contributed by atoms with Gasteiger partial charge >= 0.3 is 5.97 Å². The van der Waals surface area contributed by atoms with Crippen molar-refractivity contribution in [2.45, 2.75) is 40.7 Å². The number of benzene rings is 1. The van der Waals surface area contributed by atoms with Crippen molar-refractivity contribution in [1.29, 1.82) is 0 Å². The Morgan fingerprint density at radius 2 is 1.93 bits per heavy atom. The fourth-order valence-corrected chi connectivity index (χ4v) is 6.81. The van der Waals surface area contributed by atoms with Gasteiger partial charge in [-0.1, -0.05) is 27.3 Å². The Bertz CT molecular complexity index is 1890. The summed E-state index contributed by atoms with van der Waals surface area (Å²) in [5.41, 5.74) is 5.01. The molecular weight excluding hydrogens is 620 g/mol. The molecule has 4 aromatic rings. The maximum absolute atomic E-state index is 14.2. The summed E-state index contributed by atoms with van der Waals surface area (Å²) in [5, 5.41) is 0. The van der Waals surface area contributed by atoms with Crippen LogP contribution in [0.15, 0.2) is 68.3 Å². The van der Waals surface area contributed by atoms with Gasteiger partial charge in [-0.2, -0.15) is 0 Å². The normalized spacial score (nSPS) is 14.9. The van der Waals surface area contributed by atoms with Crippen LogP contribution in [0.2, 0.25) is 0 Å². The van der Waals surface area contributed by atoms with E-state index in [2.05, 4.69) is 25.5 Å². The van der Waals surface area contributed by atoms with Gasteiger partial charge in [-0.3, -0.25) is 14.3 Å². The second-order valence-electron chi connectivity index (χ2n) is 9.63. The molecular formula is C31H31BrN4O5S. The maximum atomic E-state index is 14.2. The van der Waals surface area contributed by atoms with E-state index in [1.165, 1.54) is 11.3 Å². The largest absolute Gasteiger partial charge is 0.493 e. The van der Waals surface area contributed by atoms with E-state index >= 15 is 0 Å². The van der Waals surface area contributed by atoms with Crippen LogP contribution in [0.1, 0.15) is 49.3 Å². The van der Waals surface area contributed by atoms with Crippen LogP contribution < -0.4 is 24.4 Å². The Labute approximate surface area is 255 Å². The first-order valence-corrected chi connectivity index (χ1v) is 15.1. The van der Waals surface area contributed by atoms with Crippen LogP contribution in [0.4, 0.5) is 0 Å². The summed E-state index contributed by atoms with van der Waals surface area (Å²) in [4.78, 5) is 36.9. The zero-order valence-electron chi connectivity index (χ0n) is 24.2. The highest BCUT2D eigenvalue weighted by Gasteiger charge is 2.35. The van der Waals surface area contributed by atoms with E-state index < -0.39 is 12.0 Å². The van der Waals surface area contributed by atoms with Crippen LogP contribution >= 0.6 is 27.3 Å². The summed E-state index contributed by atoms with van der Waals surface area (Å²) >= 11 is 4.94. The van der Waals surface area contributed by atoms with Gasteiger partial charge in [0.05, 0.1) is 54.1 Å². The number of esters is 1. The molecule has 1 aliphatic rings. The smallest absolute Gasteiger partial charge is 0.338 e. The van der Waals surface area contributed by atoms with E-state index in [4.69, 9.17) is 19.2 Å². The van der Waals surface area contributed by atoms with Gasteiger partial charge in [-0.25, -0.2) is 9.79 Å². The number of nitrogens with zero attached hydrogens (tertiary/aromatic N) is 4. The summed E-state index contributed by atoms with van der Waals surface area (Å²) in [5.74, 6) is 0.501. The van der Waals surface area contributed by atoms with Gasteiger partial charge < -0.3 is 18.8 Å². The number of aromatic nitrogens is 3. The van der Waals surface area contributed by atoms with Crippen LogP contribution in [0.3, 0.4) is 0 Å². The third-order valence-electron chi connectivity index (χ3n) is 7.06. The molecule has 218 valence electrons. The lowest BCUT2D eigenvalue weighted by Crippen LogP contribution is -2.40. The maximum Gasteiger partial charge on any atom is 0.338 e. The van der Waals surface area contributed by atoms with E-state index in [1.54, 1.807) is 50.1 Å². The molecule has 0 bridgehead atoms. The topological polar surface area (TPSA) is 96.9 Å². The zero-order valence-corrected chi connectivity index (χ0v) is 26.6.